The summed E-state index contributed by atoms with van der Waals surface area (Å²) in [4.78, 5) is 28.6. The molecule has 0 bridgehead atoms. The van der Waals surface area contributed by atoms with Gasteiger partial charge >= 0.3 is 0 Å². The van der Waals surface area contributed by atoms with Gasteiger partial charge in [0, 0.05) is 30.5 Å². The highest BCUT2D eigenvalue weighted by Gasteiger charge is 2.16. The molecule has 1 aliphatic heterocycles. The molecule has 3 rings (SSSR count). The third-order valence-corrected chi connectivity index (χ3v) is 4.51. The lowest BCUT2D eigenvalue weighted by Gasteiger charge is -2.14. The van der Waals surface area contributed by atoms with Gasteiger partial charge in [0.2, 0.25) is 11.9 Å². The molecule has 8 nitrogen and oxygen atoms in total. The molecule has 2 aromatic carbocycles. The fraction of sp³-hybridized carbons (Fsp3) is 0.318. The van der Waals surface area contributed by atoms with Crippen molar-refractivity contribution in [3.8, 4) is 5.75 Å². The van der Waals surface area contributed by atoms with Gasteiger partial charge in [-0.1, -0.05) is 6.07 Å². The van der Waals surface area contributed by atoms with E-state index in [4.69, 9.17) is 9.47 Å². The molecule has 0 saturated carbocycles. The van der Waals surface area contributed by atoms with E-state index in [9.17, 15) is 9.59 Å². The van der Waals surface area contributed by atoms with E-state index in [2.05, 4.69) is 20.9 Å². The summed E-state index contributed by atoms with van der Waals surface area (Å²) in [6.45, 7) is 2.61. The fourth-order valence-corrected chi connectivity index (χ4v) is 3.02. The molecule has 0 aromatic heterocycles. The molecule has 8 heteroatoms. The number of hydrogen-bond acceptors (Lipinski definition) is 5. The van der Waals surface area contributed by atoms with Crippen LogP contribution in [-0.2, 0) is 9.53 Å². The minimum atomic E-state index is -0.339. The van der Waals surface area contributed by atoms with Crippen LogP contribution in [0.1, 0.15) is 30.1 Å². The minimum absolute atomic E-state index is 0.0534. The number of benzene rings is 2. The molecule has 1 aliphatic rings. The fourth-order valence-electron chi connectivity index (χ4n) is 3.02. The van der Waals surface area contributed by atoms with Gasteiger partial charge in [-0.3, -0.25) is 14.9 Å². The number of amides is 2. The molecule has 158 valence electrons. The predicted molar refractivity (Wildman–Crippen MR) is 116 cm³/mol. The highest BCUT2D eigenvalue weighted by molar-refractivity contribution is 6.10. The summed E-state index contributed by atoms with van der Waals surface area (Å²) in [5.74, 6) is 0.518. The Balaban J connectivity index is 1.74. The minimum Gasteiger partial charge on any atom is -0.497 e. The van der Waals surface area contributed by atoms with E-state index >= 15 is 0 Å². The van der Waals surface area contributed by atoms with Gasteiger partial charge in [0.25, 0.3) is 5.91 Å². The zero-order valence-corrected chi connectivity index (χ0v) is 17.1. The summed E-state index contributed by atoms with van der Waals surface area (Å²) in [6, 6.07) is 14.0. The average Bonchev–Trinajstić information content (AvgIpc) is 3.26. The Morgan fingerprint density at radius 1 is 1.13 bits per heavy atom. The van der Waals surface area contributed by atoms with Gasteiger partial charge in [-0.15, -0.1) is 0 Å². The summed E-state index contributed by atoms with van der Waals surface area (Å²) < 4.78 is 10.8. The van der Waals surface area contributed by atoms with Crippen LogP contribution in [0, 0.1) is 0 Å². The first-order valence-corrected chi connectivity index (χ1v) is 9.79. The topological polar surface area (TPSA) is 101 Å². The van der Waals surface area contributed by atoms with Gasteiger partial charge in [-0.05, 0) is 55.3 Å². The Bertz CT molecular complexity index is 906. The number of carbonyl (C=O) groups excluding carboxylic acids is 2. The monoisotopic (exact) mass is 410 g/mol. The van der Waals surface area contributed by atoms with Crippen molar-refractivity contribution < 1.29 is 19.1 Å². The number of guanidine groups is 1. The Morgan fingerprint density at radius 2 is 1.93 bits per heavy atom. The molecule has 30 heavy (non-hydrogen) atoms. The lowest BCUT2D eigenvalue weighted by molar-refractivity contribution is -0.114. The maximum absolute atomic E-state index is 12.8. The van der Waals surface area contributed by atoms with Crippen molar-refractivity contribution >= 4 is 29.1 Å². The van der Waals surface area contributed by atoms with E-state index < -0.39 is 0 Å². The molecule has 1 saturated heterocycles. The van der Waals surface area contributed by atoms with Crippen LogP contribution in [0.5, 0.6) is 5.75 Å². The van der Waals surface area contributed by atoms with Crippen molar-refractivity contribution in [3.63, 3.8) is 0 Å². The van der Waals surface area contributed by atoms with Crippen molar-refractivity contribution in [2.24, 2.45) is 4.99 Å². The maximum Gasteiger partial charge on any atom is 0.258 e. The number of ether oxygens (including phenoxy) is 2. The first kappa shape index (κ1) is 21.3. The van der Waals surface area contributed by atoms with Crippen molar-refractivity contribution in [1.82, 2.24) is 5.32 Å². The smallest absolute Gasteiger partial charge is 0.258 e. The second kappa shape index (κ2) is 10.4. The average molecular weight is 410 g/mol. The van der Waals surface area contributed by atoms with E-state index in [1.807, 2.05) is 24.3 Å². The number of aliphatic imine (C=N–C) groups is 1. The third-order valence-electron chi connectivity index (χ3n) is 4.51. The summed E-state index contributed by atoms with van der Waals surface area (Å²) >= 11 is 0. The number of hydrogen-bond donors (Lipinski definition) is 3. The number of carbonyl (C=O) groups is 2. The predicted octanol–water partition coefficient (Wildman–Crippen LogP) is 3.03. The van der Waals surface area contributed by atoms with Crippen molar-refractivity contribution in [1.29, 1.82) is 0 Å². The molecule has 3 N–H and O–H groups in total. The molecule has 1 fully saturated rings. The third kappa shape index (κ3) is 6.31. The first-order valence-electron chi connectivity index (χ1n) is 9.79. The highest BCUT2D eigenvalue weighted by Crippen LogP contribution is 2.16. The quantitative estimate of drug-likeness (QED) is 0.502. The zero-order valence-electron chi connectivity index (χ0n) is 17.1. The van der Waals surface area contributed by atoms with E-state index in [-0.39, 0.29) is 17.9 Å². The van der Waals surface area contributed by atoms with Crippen LogP contribution in [0.25, 0.3) is 0 Å². The van der Waals surface area contributed by atoms with E-state index in [0.717, 1.165) is 30.9 Å². The lowest BCUT2D eigenvalue weighted by Crippen LogP contribution is -2.36. The van der Waals surface area contributed by atoms with E-state index in [1.165, 1.54) is 6.92 Å². The Morgan fingerprint density at radius 3 is 2.60 bits per heavy atom. The second-order valence-electron chi connectivity index (χ2n) is 6.89. The molecule has 1 atom stereocenters. The first-order chi connectivity index (χ1) is 14.5. The molecule has 1 heterocycles. The molecular formula is C22H26N4O4. The van der Waals surface area contributed by atoms with Gasteiger partial charge in [-0.2, -0.15) is 0 Å². The van der Waals surface area contributed by atoms with Crippen LogP contribution in [-0.4, -0.2) is 44.1 Å². The summed E-state index contributed by atoms with van der Waals surface area (Å²) in [5, 5.41) is 8.63. The van der Waals surface area contributed by atoms with Crippen LogP contribution in [0.2, 0.25) is 0 Å². The summed E-state index contributed by atoms with van der Waals surface area (Å²) in [5.41, 5.74) is 1.72. The standard InChI is InChI=1S/C22H26N4O4/c1-15(27)24-18-6-3-5-16(13-18)21(28)26-22(23-14-20-7-4-12-30-20)25-17-8-10-19(29-2)11-9-17/h3,5-6,8-11,13,20H,4,7,12,14H2,1-2H3,(H,24,27)(H2,23,25,26,28). The van der Waals surface area contributed by atoms with Crippen LogP contribution in [0.15, 0.2) is 53.5 Å². The van der Waals surface area contributed by atoms with E-state index in [0.29, 0.717) is 23.8 Å². The lowest BCUT2D eigenvalue weighted by atomic mass is 10.2. The van der Waals surface area contributed by atoms with Gasteiger partial charge < -0.3 is 20.1 Å². The van der Waals surface area contributed by atoms with Crippen molar-refractivity contribution in [3.05, 3.63) is 54.1 Å². The zero-order chi connectivity index (χ0) is 21.3. The Hall–Kier alpha value is -3.39. The molecule has 2 amide bonds. The molecular weight excluding hydrogens is 384 g/mol. The van der Waals surface area contributed by atoms with Gasteiger partial charge in [0.05, 0.1) is 19.8 Å². The Labute approximate surface area is 175 Å². The van der Waals surface area contributed by atoms with Crippen LogP contribution in [0.4, 0.5) is 11.4 Å². The van der Waals surface area contributed by atoms with Crippen molar-refractivity contribution in [2.45, 2.75) is 25.9 Å². The molecule has 0 radical (unpaired) electrons. The number of anilines is 2. The normalized spacial score (nSPS) is 16.1. The summed E-state index contributed by atoms with van der Waals surface area (Å²) in [7, 11) is 1.60. The number of rotatable bonds is 6. The second-order valence-corrected chi connectivity index (χ2v) is 6.89. The number of nitrogens with zero attached hydrogens (tertiary/aromatic N) is 1. The molecule has 0 aliphatic carbocycles. The van der Waals surface area contributed by atoms with E-state index in [1.54, 1.807) is 31.4 Å². The van der Waals surface area contributed by atoms with Crippen LogP contribution >= 0.6 is 0 Å². The van der Waals surface area contributed by atoms with Crippen molar-refractivity contribution in [2.75, 3.05) is 30.9 Å². The molecule has 1 unspecified atom stereocenters. The molecule has 2 aromatic rings. The Kier molecular flexibility index (Phi) is 7.40. The largest absolute Gasteiger partial charge is 0.497 e. The summed E-state index contributed by atoms with van der Waals surface area (Å²) in [6.07, 6.45) is 2.02. The van der Waals surface area contributed by atoms with Crippen LogP contribution in [0.3, 0.4) is 0 Å². The van der Waals surface area contributed by atoms with Gasteiger partial charge in [-0.25, -0.2) is 4.99 Å². The highest BCUT2D eigenvalue weighted by atomic mass is 16.5. The molecule has 0 spiro atoms. The van der Waals surface area contributed by atoms with Gasteiger partial charge in [0.15, 0.2) is 0 Å². The number of methoxy groups -OCH3 is 1. The van der Waals surface area contributed by atoms with Gasteiger partial charge in [0.1, 0.15) is 5.75 Å². The SMILES string of the molecule is COc1ccc(NC(=NCC2CCCO2)NC(=O)c2cccc(NC(C)=O)c2)cc1. The maximum atomic E-state index is 12.8. The van der Waals surface area contributed by atoms with Crippen LogP contribution < -0.4 is 20.7 Å². The number of nitrogens with one attached hydrogen (secondary N) is 3.